The van der Waals surface area contributed by atoms with Gasteiger partial charge in [0, 0.05) is 26.5 Å². The Kier molecular flexibility index (Phi) is 6.70. The van der Waals surface area contributed by atoms with Crippen LogP contribution in [0.2, 0.25) is 0 Å². The lowest BCUT2D eigenvalue weighted by atomic mass is 10.1. The Labute approximate surface area is 155 Å². The molecule has 0 aromatic heterocycles. The third-order valence-corrected chi connectivity index (χ3v) is 4.81. The predicted molar refractivity (Wildman–Crippen MR) is 102 cm³/mol. The number of carbonyl (C=O) groups is 1. The van der Waals surface area contributed by atoms with Gasteiger partial charge in [0.2, 0.25) is 0 Å². The van der Waals surface area contributed by atoms with Gasteiger partial charge in [-0.25, -0.2) is 0 Å². The monoisotopic (exact) mass is 521 g/mol. The molecule has 0 bridgehead atoms. The first kappa shape index (κ1) is 17.0. The molecule has 0 saturated heterocycles. The van der Waals surface area contributed by atoms with E-state index in [0.717, 1.165) is 24.5 Å². The molecule has 2 aromatic rings. The summed E-state index contributed by atoms with van der Waals surface area (Å²) in [7, 11) is 0. The Morgan fingerprint density at radius 1 is 1.14 bits per heavy atom. The normalized spacial score (nSPS) is 10.4. The number of carbonyl (C=O) groups excluding carboxylic acids is 1. The molecule has 0 aliphatic rings. The van der Waals surface area contributed by atoms with Crippen LogP contribution in [0.1, 0.15) is 15.9 Å². The Morgan fingerprint density at radius 2 is 1.86 bits per heavy atom. The van der Waals surface area contributed by atoms with Gasteiger partial charge in [-0.05, 0) is 46.4 Å². The molecule has 0 atom stereocenters. The summed E-state index contributed by atoms with van der Waals surface area (Å²) < 4.78 is 1.89. The summed E-state index contributed by atoms with van der Waals surface area (Å²) in [5.41, 5.74) is 1.87. The van der Waals surface area contributed by atoms with Gasteiger partial charge in [0.15, 0.2) is 0 Å². The zero-order valence-electron chi connectivity index (χ0n) is 11.2. The minimum absolute atomic E-state index is 0.0593. The van der Waals surface area contributed by atoms with Gasteiger partial charge >= 0.3 is 0 Å². The highest BCUT2D eigenvalue weighted by atomic mass is 127. The smallest absolute Gasteiger partial charge is 0.255 e. The van der Waals surface area contributed by atoms with Crippen LogP contribution in [-0.2, 0) is 6.54 Å². The van der Waals surface area contributed by atoms with E-state index in [4.69, 9.17) is 0 Å². The van der Waals surface area contributed by atoms with Gasteiger partial charge in [-0.1, -0.05) is 62.2 Å². The van der Waals surface area contributed by atoms with Gasteiger partial charge in [0.1, 0.15) is 0 Å². The van der Waals surface area contributed by atoms with Crippen molar-refractivity contribution in [2.24, 2.45) is 0 Å². The molecule has 0 radical (unpaired) electrons. The van der Waals surface area contributed by atoms with E-state index in [9.17, 15) is 4.79 Å². The second kappa shape index (κ2) is 8.29. The van der Waals surface area contributed by atoms with Crippen molar-refractivity contribution in [3.05, 3.63) is 67.7 Å². The molecule has 0 saturated carbocycles. The van der Waals surface area contributed by atoms with Gasteiger partial charge in [-0.3, -0.25) is 4.79 Å². The van der Waals surface area contributed by atoms with Crippen molar-refractivity contribution >= 4 is 60.4 Å². The minimum atomic E-state index is 0.0593. The van der Waals surface area contributed by atoms with Gasteiger partial charge in [-0.15, -0.1) is 0 Å². The van der Waals surface area contributed by atoms with Crippen LogP contribution < -0.4 is 0 Å². The first-order chi connectivity index (χ1) is 10.1. The summed E-state index contributed by atoms with van der Waals surface area (Å²) in [5, 5.41) is 0.760. The van der Waals surface area contributed by atoms with Gasteiger partial charge < -0.3 is 4.90 Å². The maximum Gasteiger partial charge on any atom is 0.255 e. The van der Waals surface area contributed by atoms with E-state index in [2.05, 4.69) is 54.5 Å². The summed E-state index contributed by atoms with van der Waals surface area (Å²) in [5.74, 6) is 0.0593. The fraction of sp³-hybridized carbons (Fsp3) is 0.188. The predicted octanol–water partition coefficient (Wildman–Crippen LogP) is 5.09. The summed E-state index contributed by atoms with van der Waals surface area (Å²) in [4.78, 5) is 14.7. The highest BCUT2D eigenvalue weighted by molar-refractivity contribution is 14.1. The van der Waals surface area contributed by atoms with Crippen LogP contribution in [0.4, 0.5) is 0 Å². The molecule has 0 unspecified atom stereocenters. The van der Waals surface area contributed by atoms with Crippen LogP contribution in [0.25, 0.3) is 0 Å². The van der Waals surface area contributed by atoms with Crippen molar-refractivity contribution in [2.45, 2.75) is 6.54 Å². The molecule has 0 spiro atoms. The summed E-state index contributed by atoms with van der Waals surface area (Å²) in [6.45, 7) is 1.30. The van der Waals surface area contributed by atoms with Crippen LogP contribution >= 0.6 is 54.5 Å². The molecule has 1 amide bonds. The molecule has 110 valence electrons. The SMILES string of the molecule is O=C(c1cc(Br)ccc1I)N(CCBr)Cc1ccccc1. The van der Waals surface area contributed by atoms with E-state index in [1.54, 1.807) is 0 Å². The molecule has 2 nitrogen and oxygen atoms in total. The van der Waals surface area contributed by atoms with E-state index >= 15 is 0 Å². The van der Waals surface area contributed by atoms with Crippen LogP contribution in [0.3, 0.4) is 0 Å². The number of hydrogen-bond acceptors (Lipinski definition) is 1. The zero-order chi connectivity index (χ0) is 15.2. The average molecular weight is 523 g/mol. The maximum atomic E-state index is 12.8. The van der Waals surface area contributed by atoms with E-state index in [0.29, 0.717) is 13.1 Å². The van der Waals surface area contributed by atoms with E-state index in [-0.39, 0.29) is 5.91 Å². The Bertz CT molecular complexity index is 619. The topological polar surface area (TPSA) is 20.3 Å². The molecule has 0 N–H and O–H groups in total. The lowest BCUT2D eigenvalue weighted by Gasteiger charge is -2.22. The van der Waals surface area contributed by atoms with Gasteiger partial charge in [0.05, 0.1) is 5.56 Å². The third-order valence-electron chi connectivity index (χ3n) is 3.02. The molecule has 0 fully saturated rings. The van der Waals surface area contributed by atoms with E-state index in [1.807, 2.05) is 53.4 Å². The number of rotatable bonds is 5. The molecular weight excluding hydrogens is 509 g/mol. The third kappa shape index (κ3) is 4.79. The molecule has 2 aromatic carbocycles. The first-order valence-corrected chi connectivity index (χ1v) is 9.45. The van der Waals surface area contributed by atoms with Gasteiger partial charge in [-0.2, -0.15) is 0 Å². The summed E-state index contributed by atoms with van der Waals surface area (Å²) in [6.07, 6.45) is 0. The van der Waals surface area contributed by atoms with Crippen molar-refractivity contribution < 1.29 is 4.79 Å². The van der Waals surface area contributed by atoms with E-state index < -0.39 is 0 Å². The number of hydrogen-bond donors (Lipinski definition) is 0. The fourth-order valence-corrected chi connectivity index (χ4v) is 3.35. The van der Waals surface area contributed by atoms with Crippen LogP contribution in [-0.4, -0.2) is 22.7 Å². The Hall–Kier alpha value is -0.400. The van der Waals surface area contributed by atoms with Gasteiger partial charge in [0.25, 0.3) is 5.91 Å². The lowest BCUT2D eigenvalue weighted by molar-refractivity contribution is 0.0753. The minimum Gasteiger partial charge on any atom is -0.333 e. The summed E-state index contributed by atoms with van der Waals surface area (Å²) >= 11 is 9.07. The molecule has 0 aliphatic heterocycles. The second-order valence-electron chi connectivity index (χ2n) is 4.53. The number of halogens is 3. The maximum absolute atomic E-state index is 12.8. The largest absolute Gasteiger partial charge is 0.333 e. The first-order valence-electron chi connectivity index (χ1n) is 6.46. The molecule has 21 heavy (non-hydrogen) atoms. The van der Waals surface area contributed by atoms with E-state index in [1.165, 1.54) is 0 Å². The number of amides is 1. The average Bonchev–Trinajstić information content (AvgIpc) is 2.49. The van der Waals surface area contributed by atoms with Crippen LogP contribution in [0.15, 0.2) is 53.0 Å². The van der Waals surface area contributed by atoms with Crippen molar-refractivity contribution in [1.29, 1.82) is 0 Å². The van der Waals surface area contributed by atoms with Crippen LogP contribution in [0.5, 0.6) is 0 Å². The van der Waals surface area contributed by atoms with Crippen molar-refractivity contribution in [3.8, 4) is 0 Å². The molecule has 2 rings (SSSR count). The second-order valence-corrected chi connectivity index (χ2v) is 7.40. The molecule has 0 aliphatic carbocycles. The number of nitrogens with zero attached hydrogens (tertiary/aromatic N) is 1. The van der Waals surface area contributed by atoms with Crippen LogP contribution in [0, 0.1) is 3.57 Å². The van der Waals surface area contributed by atoms with Crippen molar-refractivity contribution in [1.82, 2.24) is 4.90 Å². The zero-order valence-corrected chi connectivity index (χ0v) is 16.6. The Morgan fingerprint density at radius 3 is 2.52 bits per heavy atom. The Balaban J connectivity index is 2.25. The standard InChI is InChI=1S/C16H14Br2INO/c17-8-9-20(11-12-4-2-1-3-5-12)16(21)14-10-13(18)6-7-15(14)19/h1-7,10H,8-9,11H2. The molecule has 0 heterocycles. The van der Waals surface area contributed by atoms with Crippen molar-refractivity contribution in [3.63, 3.8) is 0 Å². The highest BCUT2D eigenvalue weighted by Crippen LogP contribution is 2.21. The lowest BCUT2D eigenvalue weighted by Crippen LogP contribution is -2.32. The number of alkyl halides is 1. The molecular formula is C16H14Br2INO. The van der Waals surface area contributed by atoms with Crippen molar-refractivity contribution in [2.75, 3.05) is 11.9 Å². The number of benzene rings is 2. The fourth-order valence-electron chi connectivity index (χ4n) is 1.99. The summed E-state index contributed by atoms with van der Waals surface area (Å²) in [6, 6.07) is 15.8. The highest BCUT2D eigenvalue weighted by Gasteiger charge is 2.18. The molecule has 5 heteroatoms. The quantitative estimate of drug-likeness (QED) is 0.396.